The summed E-state index contributed by atoms with van der Waals surface area (Å²) < 4.78 is 10.3. The Hall–Kier alpha value is -3.77. The molecule has 9 heteroatoms. The summed E-state index contributed by atoms with van der Waals surface area (Å²) in [5.41, 5.74) is 3.30. The quantitative estimate of drug-likeness (QED) is 0.234. The maximum Gasteiger partial charge on any atom is 0.308 e. The number of thiazole rings is 1. The number of pyridine rings is 1. The van der Waals surface area contributed by atoms with Crippen LogP contribution in [-0.4, -0.2) is 42.6 Å². The first kappa shape index (κ1) is 30.3. The van der Waals surface area contributed by atoms with Crippen LogP contribution < -0.4 is 9.64 Å². The minimum Gasteiger partial charge on any atom is -0.494 e. The van der Waals surface area contributed by atoms with E-state index in [1.807, 2.05) is 23.2 Å². The molecule has 44 heavy (non-hydrogen) atoms. The van der Waals surface area contributed by atoms with Crippen LogP contribution in [0.1, 0.15) is 92.4 Å². The minimum atomic E-state index is -0.166. The standard InChI is InChI=1S/C35H40N4O4S/c1-42-31-17-16-29(38-30(31)19-36)23-8-6-22(7-9-23)21-39(34(40)25-12-14-26(15-13-25)35(41)43-2)28-5-3-4-27(18-28)32-20-37-33(44-32)24-10-11-24/h3-5,16-18,20,22-26H,6-15,21H2,1-2H3. The predicted molar refractivity (Wildman–Crippen MR) is 170 cm³/mol. The first-order valence-electron chi connectivity index (χ1n) is 15.9. The average Bonchev–Trinajstić information content (AvgIpc) is 3.82. The lowest BCUT2D eigenvalue weighted by atomic mass is 9.79. The van der Waals surface area contributed by atoms with Crippen molar-refractivity contribution in [2.24, 2.45) is 17.8 Å². The summed E-state index contributed by atoms with van der Waals surface area (Å²) in [6.07, 6.45) is 11.1. The number of nitrogens with zero attached hydrogens (tertiary/aromatic N) is 4. The number of hydrogen-bond acceptors (Lipinski definition) is 8. The van der Waals surface area contributed by atoms with Crippen LogP contribution in [-0.2, 0) is 14.3 Å². The van der Waals surface area contributed by atoms with E-state index in [4.69, 9.17) is 9.47 Å². The van der Waals surface area contributed by atoms with Crippen LogP contribution >= 0.6 is 11.3 Å². The average molecular weight is 613 g/mol. The number of ether oxygens (including phenoxy) is 2. The van der Waals surface area contributed by atoms with Gasteiger partial charge in [0.25, 0.3) is 0 Å². The van der Waals surface area contributed by atoms with Gasteiger partial charge in [0, 0.05) is 41.9 Å². The lowest BCUT2D eigenvalue weighted by molar-refractivity contribution is -0.147. The van der Waals surface area contributed by atoms with E-state index in [0.717, 1.165) is 47.5 Å². The number of anilines is 1. The summed E-state index contributed by atoms with van der Waals surface area (Å²) in [4.78, 5) is 38.8. The van der Waals surface area contributed by atoms with Crippen LogP contribution in [0.5, 0.6) is 5.75 Å². The third-order valence-electron chi connectivity index (χ3n) is 9.68. The van der Waals surface area contributed by atoms with Gasteiger partial charge in [-0.05, 0) is 100.0 Å². The van der Waals surface area contributed by atoms with Crippen LogP contribution in [0.25, 0.3) is 10.4 Å². The fraction of sp³-hybridized carbons (Fsp3) is 0.514. The fourth-order valence-electron chi connectivity index (χ4n) is 6.89. The second kappa shape index (κ2) is 13.5. The Kier molecular flexibility index (Phi) is 9.27. The van der Waals surface area contributed by atoms with Crippen molar-refractivity contribution in [3.63, 3.8) is 0 Å². The highest BCUT2D eigenvalue weighted by Gasteiger charge is 2.35. The van der Waals surface area contributed by atoms with E-state index in [1.165, 1.54) is 25.0 Å². The fourth-order valence-corrected chi connectivity index (χ4v) is 7.97. The molecule has 1 amide bonds. The Morgan fingerprint density at radius 1 is 0.955 bits per heavy atom. The molecule has 1 aromatic carbocycles. The molecule has 6 rings (SSSR count). The van der Waals surface area contributed by atoms with Crippen LogP contribution in [0.2, 0.25) is 0 Å². The highest BCUT2D eigenvalue weighted by atomic mass is 32.1. The van der Waals surface area contributed by atoms with E-state index in [-0.39, 0.29) is 29.6 Å². The molecule has 8 nitrogen and oxygen atoms in total. The number of carbonyl (C=O) groups excluding carboxylic acids is 2. The zero-order chi connectivity index (χ0) is 30.6. The molecule has 3 saturated carbocycles. The third kappa shape index (κ3) is 6.66. The molecule has 0 spiro atoms. The Labute approximate surface area is 263 Å². The van der Waals surface area contributed by atoms with Gasteiger partial charge in [-0.3, -0.25) is 9.59 Å². The molecule has 3 fully saturated rings. The van der Waals surface area contributed by atoms with Crippen LogP contribution in [0.15, 0.2) is 42.6 Å². The van der Waals surface area contributed by atoms with Crippen LogP contribution in [0.3, 0.4) is 0 Å². The summed E-state index contributed by atoms with van der Waals surface area (Å²) in [5.74, 6) is 1.55. The van der Waals surface area contributed by atoms with E-state index >= 15 is 0 Å². The first-order chi connectivity index (χ1) is 21.5. The van der Waals surface area contributed by atoms with E-state index in [9.17, 15) is 14.9 Å². The summed E-state index contributed by atoms with van der Waals surface area (Å²) in [7, 11) is 2.99. The van der Waals surface area contributed by atoms with E-state index in [2.05, 4.69) is 40.3 Å². The van der Waals surface area contributed by atoms with E-state index in [0.29, 0.717) is 55.5 Å². The Balaban J connectivity index is 1.19. The van der Waals surface area contributed by atoms with Gasteiger partial charge in [0.15, 0.2) is 11.4 Å². The summed E-state index contributed by atoms with van der Waals surface area (Å²) in [6.45, 7) is 0.668. The van der Waals surface area contributed by atoms with Crippen molar-refractivity contribution in [1.29, 1.82) is 5.26 Å². The molecule has 2 aromatic heterocycles. The Morgan fingerprint density at radius 3 is 2.36 bits per heavy atom. The Bertz CT molecular complexity index is 1530. The maximum atomic E-state index is 14.2. The molecule has 3 aliphatic rings. The number of methoxy groups -OCH3 is 2. The highest BCUT2D eigenvalue weighted by molar-refractivity contribution is 7.15. The molecule has 0 saturated heterocycles. The van der Waals surface area contributed by atoms with Crippen molar-refractivity contribution in [3.8, 4) is 22.3 Å². The number of esters is 1. The van der Waals surface area contributed by atoms with Gasteiger partial charge in [0.05, 0.1) is 30.0 Å². The number of amides is 1. The molecular formula is C35H40N4O4S. The van der Waals surface area contributed by atoms with Crippen molar-refractivity contribution in [2.75, 3.05) is 25.7 Å². The lowest BCUT2D eigenvalue weighted by Gasteiger charge is -2.36. The summed E-state index contributed by atoms with van der Waals surface area (Å²) in [5, 5.41) is 10.7. The second-order valence-electron chi connectivity index (χ2n) is 12.5. The maximum absolute atomic E-state index is 14.2. The largest absolute Gasteiger partial charge is 0.494 e. The van der Waals surface area contributed by atoms with Gasteiger partial charge >= 0.3 is 5.97 Å². The van der Waals surface area contributed by atoms with Gasteiger partial charge in [-0.2, -0.15) is 5.26 Å². The van der Waals surface area contributed by atoms with Crippen molar-refractivity contribution in [1.82, 2.24) is 9.97 Å². The molecule has 0 atom stereocenters. The molecule has 2 heterocycles. The molecule has 0 aliphatic heterocycles. The van der Waals surface area contributed by atoms with Gasteiger partial charge in [-0.1, -0.05) is 12.1 Å². The van der Waals surface area contributed by atoms with E-state index in [1.54, 1.807) is 18.4 Å². The number of rotatable bonds is 9. The molecule has 0 radical (unpaired) electrons. The number of aromatic nitrogens is 2. The summed E-state index contributed by atoms with van der Waals surface area (Å²) in [6, 6.07) is 14.3. The lowest BCUT2D eigenvalue weighted by Crippen LogP contribution is -2.42. The molecule has 0 bridgehead atoms. The van der Waals surface area contributed by atoms with Gasteiger partial charge in [0.1, 0.15) is 6.07 Å². The Morgan fingerprint density at radius 2 is 1.68 bits per heavy atom. The SMILES string of the molecule is COC(=O)C1CCC(C(=O)N(CC2CCC(c3ccc(OC)c(C#N)n3)CC2)c2cccc(-c3cnc(C4CC4)s3)c2)CC1. The normalized spacial score (nSPS) is 23.4. The molecule has 3 aliphatic carbocycles. The van der Waals surface area contributed by atoms with Gasteiger partial charge < -0.3 is 14.4 Å². The molecule has 0 unspecified atom stereocenters. The topological polar surface area (TPSA) is 105 Å². The van der Waals surface area contributed by atoms with Crippen LogP contribution in [0.4, 0.5) is 5.69 Å². The van der Waals surface area contributed by atoms with Crippen molar-refractivity contribution < 1.29 is 19.1 Å². The second-order valence-corrected chi connectivity index (χ2v) is 13.6. The smallest absolute Gasteiger partial charge is 0.308 e. The molecule has 230 valence electrons. The monoisotopic (exact) mass is 612 g/mol. The summed E-state index contributed by atoms with van der Waals surface area (Å²) >= 11 is 1.76. The van der Waals surface area contributed by atoms with Crippen molar-refractivity contribution in [2.45, 2.75) is 76.0 Å². The molecule has 0 N–H and O–H groups in total. The molecule has 3 aromatic rings. The van der Waals surface area contributed by atoms with Crippen LogP contribution in [0, 0.1) is 29.1 Å². The van der Waals surface area contributed by atoms with Crippen molar-refractivity contribution in [3.05, 3.63) is 59.0 Å². The zero-order valence-electron chi connectivity index (χ0n) is 25.5. The van der Waals surface area contributed by atoms with Crippen molar-refractivity contribution >= 4 is 28.9 Å². The van der Waals surface area contributed by atoms with Gasteiger partial charge in [0.2, 0.25) is 5.91 Å². The zero-order valence-corrected chi connectivity index (χ0v) is 26.4. The predicted octanol–water partition coefficient (Wildman–Crippen LogP) is 7.25. The first-order valence-corrected chi connectivity index (χ1v) is 16.7. The van der Waals surface area contributed by atoms with Gasteiger partial charge in [-0.25, -0.2) is 9.97 Å². The van der Waals surface area contributed by atoms with Gasteiger partial charge in [-0.15, -0.1) is 11.3 Å². The third-order valence-corrected chi connectivity index (χ3v) is 10.9. The molecular weight excluding hydrogens is 572 g/mol. The number of carbonyl (C=O) groups is 2. The number of nitriles is 1. The minimum absolute atomic E-state index is 0.103. The number of hydrogen-bond donors (Lipinski definition) is 0. The number of benzene rings is 1. The van der Waals surface area contributed by atoms with E-state index < -0.39 is 0 Å². The highest BCUT2D eigenvalue weighted by Crippen LogP contribution is 2.44.